The molecule has 5 heteroatoms. The average molecular weight is 395 g/mol. The fourth-order valence-corrected chi connectivity index (χ4v) is 3.57. The van der Waals surface area contributed by atoms with Crippen LogP contribution in [0.5, 0.6) is 0 Å². The number of rotatable bonds is 7. The van der Waals surface area contributed by atoms with Crippen LogP contribution in [0.3, 0.4) is 0 Å². The molecule has 0 aromatic heterocycles. The van der Waals surface area contributed by atoms with Gasteiger partial charge in [-0.25, -0.2) is 0 Å². The second-order valence-electron chi connectivity index (χ2n) is 8.41. The summed E-state index contributed by atoms with van der Waals surface area (Å²) in [5.74, 6) is 0.401. The van der Waals surface area contributed by atoms with E-state index in [0.29, 0.717) is 11.5 Å². The molecule has 0 aliphatic carbocycles. The van der Waals surface area contributed by atoms with Crippen molar-refractivity contribution in [1.82, 2.24) is 9.80 Å². The number of likely N-dealkylation sites (N-methyl/N-ethyl adjacent to an activating group) is 1. The lowest BCUT2D eigenvalue weighted by atomic mass is 10.0. The summed E-state index contributed by atoms with van der Waals surface area (Å²) in [7, 11) is 4.24. The van der Waals surface area contributed by atoms with Gasteiger partial charge in [-0.3, -0.25) is 9.69 Å². The Balaban J connectivity index is 1.58. The van der Waals surface area contributed by atoms with Crippen molar-refractivity contribution in [2.75, 3.05) is 63.6 Å². The van der Waals surface area contributed by atoms with E-state index >= 15 is 0 Å². The van der Waals surface area contributed by atoms with Crippen LogP contribution in [-0.4, -0.2) is 69.1 Å². The first-order valence-electron chi connectivity index (χ1n) is 10.6. The molecule has 1 N–H and O–H groups in total. The molecule has 2 aromatic carbocycles. The van der Waals surface area contributed by atoms with Crippen molar-refractivity contribution in [3.8, 4) is 0 Å². The highest BCUT2D eigenvalue weighted by atomic mass is 16.1. The van der Waals surface area contributed by atoms with Gasteiger partial charge in [-0.1, -0.05) is 32.0 Å². The molecule has 0 saturated carbocycles. The normalized spacial score (nSPS) is 15.2. The Kier molecular flexibility index (Phi) is 7.29. The van der Waals surface area contributed by atoms with Crippen molar-refractivity contribution >= 4 is 17.3 Å². The number of anilines is 2. The summed E-state index contributed by atoms with van der Waals surface area (Å²) in [6.45, 7) is 10.7. The van der Waals surface area contributed by atoms with E-state index in [1.54, 1.807) is 0 Å². The van der Waals surface area contributed by atoms with Crippen molar-refractivity contribution in [1.29, 1.82) is 0 Å². The Morgan fingerprint density at radius 1 is 1.03 bits per heavy atom. The third kappa shape index (κ3) is 6.05. The zero-order chi connectivity index (χ0) is 20.8. The lowest BCUT2D eigenvalue weighted by Crippen LogP contribution is -2.48. The Morgan fingerprint density at radius 3 is 2.34 bits per heavy atom. The molecule has 0 radical (unpaired) electrons. The molecule has 156 valence electrons. The van der Waals surface area contributed by atoms with E-state index in [9.17, 15) is 4.79 Å². The zero-order valence-corrected chi connectivity index (χ0v) is 18.2. The molecule has 1 saturated heterocycles. The molecule has 0 spiro atoms. The van der Waals surface area contributed by atoms with Crippen LogP contribution in [0, 0.1) is 0 Å². The van der Waals surface area contributed by atoms with Crippen LogP contribution >= 0.6 is 0 Å². The van der Waals surface area contributed by atoms with Crippen molar-refractivity contribution < 1.29 is 4.79 Å². The molecule has 1 fully saturated rings. The van der Waals surface area contributed by atoms with Gasteiger partial charge in [0, 0.05) is 56.2 Å². The van der Waals surface area contributed by atoms with Crippen LogP contribution < -0.4 is 10.2 Å². The molecule has 1 aliphatic rings. The van der Waals surface area contributed by atoms with Gasteiger partial charge in [0.2, 0.25) is 0 Å². The number of amides is 1. The van der Waals surface area contributed by atoms with Crippen LogP contribution in [-0.2, 0) is 0 Å². The molecule has 3 rings (SSSR count). The van der Waals surface area contributed by atoms with Crippen LogP contribution in [0.15, 0.2) is 48.5 Å². The van der Waals surface area contributed by atoms with E-state index in [1.807, 2.05) is 36.4 Å². The third-order valence-electron chi connectivity index (χ3n) is 5.54. The SMILES string of the molecule is CC(C)c1ccc(C(=O)Nc2cccc(N3CCN(CCN(C)C)CC3)c2)cc1. The van der Waals surface area contributed by atoms with Gasteiger partial charge in [-0.2, -0.15) is 0 Å². The Bertz CT molecular complexity index is 793. The summed E-state index contributed by atoms with van der Waals surface area (Å²) in [6.07, 6.45) is 0. The quantitative estimate of drug-likeness (QED) is 0.776. The Labute approximate surface area is 175 Å². The highest BCUT2D eigenvalue weighted by molar-refractivity contribution is 6.04. The van der Waals surface area contributed by atoms with Gasteiger partial charge < -0.3 is 15.1 Å². The number of carbonyl (C=O) groups excluding carboxylic acids is 1. The van der Waals surface area contributed by atoms with E-state index in [0.717, 1.165) is 45.0 Å². The van der Waals surface area contributed by atoms with E-state index in [4.69, 9.17) is 0 Å². The second-order valence-corrected chi connectivity index (χ2v) is 8.41. The van der Waals surface area contributed by atoms with Gasteiger partial charge in [-0.05, 0) is 55.9 Å². The van der Waals surface area contributed by atoms with Crippen LogP contribution in [0.25, 0.3) is 0 Å². The van der Waals surface area contributed by atoms with Crippen LogP contribution in [0.4, 0.5) is 11.4 Å². The summed E-state index contributed by atoms with van der Waals surface area (Å²) in [6, 6.07) is 16.1. The minimum Gasteiger partial charge on any atom is -0.369 e. The number of benzene rings is 2. The topological polar surface area (TPSA) is 38.8 Å². The molecule has 0 unspecified atom stereocenters. The van der Waals surface area contributed by atoms with E-state index in [-0.39, 0.29) is 5.91 Å². The van der Waals surface area contributed by atoms with Crippen LogP contribution in [0.1, 0.15) is 35.7 Å². The van der Waals surface area contributed by atoms with Crippen molar-refractivity contribution in [3.05, 3.63) is 59.7 Å². The predicted molar refractivity (Wildman–Crippen MR) is 122 cm³/mol. The molecule has 0 atom stereocenters. The number of piperazine rings is 1. The molecule has 1 heterocycles. The highest BCUT2D eigenvalue weighted by Crippen LogP contribution is 2.22. The van der Waals surface area contributed by atoms with E-state index in [2.05, 4.69) is 60.1 Å². The summed E-state index contributed by atoms with van der Waals surface area (Å²) in [5, 5.41) is 3.05. The van der Waals surface area contributed by atoms with Gasteiger partial charge in [0.15, 0.2) is 0 Å². The molecule has 0 bridgehead atoms. The maximum absolute atomic E-state index is 12.6. The van der Waals surface area contributed by atoms with Crippen molar-refractivity contribution in [2.45, 2.75) is 19.8 Å². The number of hydrogen-bond acceptors (Lipinski definition) is 4. The summed E-state index contributed by atoms with van der Waals surface area (Å²) in [4.78, 5) is 19.8. The van der Waals surface area contributed by atoms with Gasteiger partial charge in [0.25, 0.3) is 5.91 Å². The molecule has 2 aromatic rings. The van der Waals surface area contributed by atoms with E-state index < -0.39 is 0 Å². The highest BCUT2D eigenvalue weighted by Gasteiger charge is 2.17. The maximum atomic E-state index is 12.6. The lowest BCUT2D eigenvalue weighted by molar-refractivity contribution is 0.102. The minimum atomic E-state index is -0.0639. The zero-order valence-electron chi connectivity index (χ0n) is 18.2. The third-order valence-corrected chi connectivity index (χ3v) is 5.54. The first-order valence-corrected chi connectivity index (χ1v) is 10.6. The largest absolute Gasteiger partial charge is 0.369 e. The number of nitrogens with zero attached hydrogens (tertiary/aromatic N) is 3. The maximum Gasteiger partial charge on any atom is 0.255 e. The number of nitrogens with one attached hydrogen (secondary N) is 1. The molecular formula is C24H34N4O. The van der Waals surface area contributed by atoms with Gasteiger partial charge >= 0.3 is 0 Å². The predicted octanol–water partition coefficient (Wildman–Crippen LogP) is 3.75. The van der Waals surface area contributed by atoms with Crippen molar-refractivity contribution in [2.24, 2.45) is 0 Å². The monoisotopic (exact) mass is 394 g/mol. The fourth-order valence-electron chi connectivity index (χ4n) is 3.57. The van der Waals surface area contributed by atoms with Gasteiger partial charge in [-0.15, -0.1) is 0 Å². The summed E-state index contributed by atoms with van der Waals surface area (Å²) in [5.41, 5.74) is 3.95. The van der Waals surface area contributed by atoms with Crippen molar-refractivity contribution in [3.63, 3.8) is 0 Å². The minimum absolute atomic E-state index is 0.0639. The first-order chi connectivity index (χ1) is 13.9. The molecule has 1 aliphatic heterocycles. The lowest BCUT2D eigenvalue weighted by Gasteiger charge is -2.36. The first kappa shape index (κ1) is 21.3. The number of hydrogen-bond donors (Lipinski definition) is 1. The summed E-state index contributed by atoms with van der Waals surface area (Å²) >= 11 is 0. The van der Waals surface area contributed by atoms with Gasteiger partial charge in [0.1, 0.15) is 0 Å². The smallest absolute Gasteiger partial charge is 0.255 e. The average Bonchev–Trinajstić information content (AvgIpc) is 2.73. The number of carbonyl (C=O) groups is 1. The van der Waals surface area contributed by atoms with Gasteiger partial charge in [0.05, 0.1) is 0 Å². The Hall–Kier alpha value is -2.37. The molecule has 5 nitrogen and oxygen atoms in total. The Morgan fingerprint density at radius 2 is 1.72 bits per heavy atom. The van der Waals surface area contributed by atoms with Crippen LogP contribution in [0.2, 0.25) is 0 Å². The van der Waals surface area contributed by atoms with E-state index in [1.165, 1.54) is 11.3 Å². The molecule has 29 heavy (non-hydrogen) atoms. The second kappa shape index (κ2) is 9.90. The molecular weight excluding hydrogens is 360 g/mol. The summed E-state index contributed by atoms with van der Waals surface area (Å²) < 4.78 is 0. The standard InChI is InChI=1S/C24H34N4O/c1-19(2)20-8-10-21(11-9-20)24(29)25-22-6-5-7-23(18-22)28-16-14-27(15-17-28)13-12-26(3)4/h5-11,18-19H,12-17H2,1-4H3,(H,25,29). The molecule has 1 amide bonds. The fraction of sp³-hybridized carbons (Fsp3) is 0.458.